The second-order valence-corrected chi connectivity index (χ2v) is 6.10. The molecule has 0 radical (unpaired) electrons. The van der Waals surface area contributed by atoms with Crippen molar-refractivity contribution in [2.24, 2.45) is 16.8 Å². The molecule has 0 bridgehead atoms. The molecule has 0 saturated carbocycles. The fourth-order valence-electron chi connectivity index (χ4n) is 2.69. The van der Waals surface area contributed by atoms with Crippen LogP contribution in [-0.4, -0.2) is 38.5 Å². The predicted molar refractivity (Wildman–Crippen MR) is 111 cm³/mol. The summed E-state index contributed by atoms with van der Waals surface area (Å²) in [6, 6.07) is 13.0. The van der Waals surface area contributed by atoms with E-state index in [0.29, 0.717) is 17.0 Å². The van der Waals surface area contributed by atoms with Crippen LogP contribution in [0.4, 0.5) is 5.82 Å². The zero-order valence-electron chi connectivity index (χ0n) is 15.9. The first-order valence-corrected chi connectivity index (χ1v) is 8.77. The molecule has 5 N–H and O–H groups in total. The van der Waals surface area contributed by atoms with Crippen LogP contribution in [0.1, 0.15) is 12.1 Å². The molecule has 0 saturated heterocycles. The van der Waals surface area contributed by atoms with Crippen molar-refractivity contribution in [1.82, 2.24) is 19.5 Å². The van der Waals surface area contributed by atoms with E-state index in [4.69, 9.17) is 16.4 Å². The number of para-hydroxylation sites is 2. The molecule has 2 heterocycles. The first kappa shape index (κ1) is 19.8. The number of fused-ring (bicyclic) bond motifs is 1. The van der Waals surface area contributed by atoms with Gasteiger partial charge in [0.1, 0.15) is 12.4 Å². The topological polar surface area (TPSA) is 137 Å². The number of hydrogen-bond acceptors (Lipinski definition) is 7. The van der Waals surface area contributed by atoms with Gasteiger partial charge >= 0.3 is 6.01 Å². The maximum absolute atomic E-state index is 11.7. The molecular formula is C19H22N8O2. The number of ether oxygens (including phenoxy) is 1. The van der Waals surface area contributed by atoms with E-state index in [1.807, 2.05) is 24.3 Å². The van der Waals surface area contributed by atoms with Crippen LogP contribution in [0.2, 0.25) is 0 Å². The average molecular weight is 394 g/mol. The summed E-state index contributed by atoms with van der Waals surface area (Å²) in [7, 11) is 1.61. The van der Waals surface area contributed by atoms with E-state index in [9.17, 15) is 4.79 Å². The van der Waals surface area contributed by atoms with Gasteiger partial charge in [-0.15, -0.1) is 11.7 Å². The SMILES string of the molecule is C=CCC(=O)Nc1cccc(COc2nc3ccccc3n2/C(=N/N)N(C)N)n1. The van der Waals surface area contributed by atoms with Gasteiger partial charge in [0.15, 0.2) is 0 Å². The number of pyridine rings is 1. The minimum Gasteiger partial charge on any atom is -0.458 e. The summed E-state index contributed by atoms with van der Waals surface area (Å²) in [6.45, 7) is 3.65. The number of nitrogens with one attached hydrogen (secondary N) is 1. The van der Waals surface area contributed by atoms with Gasteiger partial charge in [-0.3, -0.25) is 9.80 Å². The van der Waals surface area contributed by atoms with Crippen molar-refractivity contribution in [3.63, 3.8) is 0 Å². The molecule has 0 fully saturated rings. The number of nitrogens with zero attached hydrogens (tertiary/aromatic N) is 5. The summed E-state index contributed by atoms with van der Waals surface area (Å²) in [5.41, 5.74) is 2.04. The number of hydrogen-bond donors (Lipinski definition) is 3. The lowest BCUT2D eigenvalue weighted by Crippen LogP contribution is -2.39. The fraction of sp³-hybridized carbons (Fsp3) is 0.158. The standard InChI is InChI=1S/C19H22N8O2/c1-3-7-17(28)24-16-11-6-8-13(22-16)12-29-19-23-14-9-4-5-10-15(14)27(19)18(25-20)26(2)21/h3-6,8-11H,1,7,12,20-21H2,2H3,(H,22,24,28)/b25-18+. The number of hydrazone groups is 1. The van der Waals surface area contributed by atoms with Gasteiger partial charge in [-0.05, 0) is 24.3 Å². The van der Waals surface area contributed by atoms with Gasteiger partial charge in [-0.1, -0.05) is 24.3 Å². The molecule has 0 aliphatic carbocycles. The van der Waals surface area contributed by atoms with Crippen LogP contribution >= 0.6 is 0 Å². The van der Waals surface area contributed by atoms with Crippen LogP contribution in [0, 0.1) is 0 Å². The Labute approximate surface area is 167 Å². The van der Waals surface area contributed by atoms with Crippen molar-refractivity contribution in [2.45, 2.75) is 13.0 Å². The number of nitrogens with two attached hydrogens (primary N) is 2. The van der Waals surface area contributed by atoms with Gasteiger partial charge in [0.05, 0.1) is 16.7 Å². The van der Waals surface area contributed by atoms with E-state index < -0.39 is 0 Å². The molecule has 0 aliphatic rings. The number of benzene rings is 1. The maximum Gasteiger partial charge on any atom is 0.304 e. The number of hydrazine groups is 1. The minimum absolute atomic E-state index is 0.112. The molecule has 3 rings (SSSR count). The second kappa shape index (κ2) is 8.85. The molecule has 0 atom stereocenters. The van der Waals surface area contributed by atoms with E-state index in [1.54, 1.807) is 29.8 Å². The number of aromatic nitrogens is 3. The number of anilines is 1. The summed E-state index contributed by atoms with van der Waals surface area (Å²) in [6.07, 6.45) is 1.73. The third kappa shape index (κ3) is 4.50. The Balaban J connectivity index is 1.86. The van der Waals surface area contributed by atoms with Crippen molar-refractivity contribution in [3.8, 4) is 6.01 Å². The molecule has 1 aromatic carbocycles. The maximum atomic E-state index is 11.7. The molecule has 10 nitrogen and oxygen atoms in total. The van der Waals surface area contributed by atoms with Crippen LogP contribution in [0.3, 0.4) is 0 Å². The number of imidazole rings is 1. The predicted octanol–water partition coefficient (Wildman–Crippen LogP) is 1.41. The van der Waals surface area contributed by atoms with Crippen molar-refractivity contribution >= 4 is 28.7 Å². The highest BCUT2D eigenvalue weighted by molar-refractivity contribution is 5.93. The molecule has 2 aromatic heterocycles. The van der Waals surface area contributed by atoms with Crippen LogP contribution < -0.4 is 21.7 Å². The normalized spacial score (nSPS) is 11.3. The Kier molecular flexibility index (Phi) is 6.05. The highest BCUT2D eigenvalue weighted by Gasteiger charge is 2.18. The molecule has 0 aliphatic heterocycles. The molecule has 0 unspecified atom stereocenters. The van der Waals surface area contributed by atoms with Crippen LogP contribution in [0.15, 0.2) is 60.2 Å². The fourth-order valence-corrected chi connectivity index (χ4v) is 2.69. The van der Waals surface area contributed by atoms with E-state index in [1.165, 1.54) is 11.1 Å². The van der Waals surface area contributed by atoms with Crippen molar-refractivity contribution < 1.29 is 9.53 Å². The summed E-state index contributed by atoms with van der Waals surface area (Å²) in [4.78, 5) is 20.6. The monoisotopic (exact) mass is 394 g/mol. The van der Waals surface area contributed by atoms with Gasteiger partial charge in [-0.25, -0.2) is 15.4 Å². The van der Waals surface area contributed by atoms with Crippen LogP contribution in [-0.2, 0) is 11.4 Å². The van der Waals surface area contributed by atoms with Crippen LogP contribution in [0.5, 0.6) is 6.01 Å². The van der Waals surface area contributed by atoms with Gasteiger partial charge < -0.3 is 15.9 Å². The van der Waals surface area contributed by atoms with Crippen LogP contribution in [0.25, 0.3) is 11.0 Å². The lowest BCUT2D eigenvalue weighted by atomic mass is 10.3. The Morgan fingerprint density at radius 2 is 2.10 bits per heavy atom. The molecule has 0 spiro atoms. The first-order valence-electron chi connectivity index (χ1n) is 8.77. The Morgan fingerprint density at radius 1 is 1.31 bits per heavy atom. The minimum atomic E-state index is -0.192. The van der Waals surface area contributed by atoms with E-state index in [-0.39, 0.29) is 30.9 Å². The molecule has 3 aromatic rings. The second-order valence-electron chi connectivity index (χ2n) is 6.10. The molecule has 29 heavy (non-hydrogen) atoms. The third-order valence-corrected chi connectivity index (χ3v) is 3.91. The van der Waals surface area contributed by atoms with E-state index >= 15 is 0 Å². The summed E-state index contributed by atoms with van der Waals surface area (Å²) < 4.78 is 7.51. The summed E-state index contributed by atoms with van der Waals surface area (Å²) in [5.74, 6) is 11.9. The number of amides is 1. The lowest BCUT2D eigenvalue weighted by molar-refractivity contribution is -0.115. The van der Waals surface area contributed by atoms with E-state index in [2.05, 4.69) is 27.0 Å². The van der Waals surface area contributed by atoms with Gasteiger partial charge in [0, 0.05) is 13.5 Å². The first-order chi connectivity index (χ1) is 14.0. The molecule has 150 valence electrons. The largest absolute Gasteiger partial charge is 0.458 e. The van der Waals surface area contributed by atoms with Crippen molar-refractivity contribution in [2.75, 3.05) is 12.4 Å². The quantitative estimate of drug-likeness (QED) is 0.189. The number of carbonyl (C=O) groups excluding carboxylic acids is 1. The van der Waals surface area contributed by atoms with Gasteiger partial charge in [0.25, 0.3) is 0 Å². The van der Waals surface area contributed by atoms with Crippen molar-refractivity contribution in [1.29, 1.82) is 0 Å². The zero-order valence-corrected chi connectivity index (χ0v) is 15.9. The third-order valence-electron chi connectivity index (χ3n) is 3.91. The van der Waals surface area contributed by atoms with Crippen molar-refractivity contribution in [3.05, 3.63) is 60.8 Å². The lowest BCUT2D eigenvalue weighted by Gasteiger charge is -2.17. The summed E-state index contributed by atoms with van der Waals surface area (Å²) in [5, 5.41) is 7.72. The summed E-state index contributed by atoms with van der Waals surface area (Å²) >= 11 is 0. The molecular weight excluding hydrogens is 372 g/mol. The Hall–Kier alpha value is -3.92. The Bertz CT molecular complexity index is 1060. The van der Waals surface area contributed by atoms with E-state index in [0.717, 1.165) is 5.52 Å². The van der Waals surface area contributed by atoms with Gasteiger partial charge in [0.2, 0.25) is 11.9 Å². The zero-order chi connectivity index (χ0) is 20.8. The highest BCUT2D eigenvalue weighted by Crippen LogP contribution is 2.22. The Morgan fingerprint density at radius 3 is 2.83 bits per heavy atom. The highest BCUT2D eigenvalue weighted by atomic mass is 16.5. The number of rotatable bonds is 6. The number of carbonyl (C=O) groups is 1. The smallest absolute Gasteiger partial charge is 0.304 e. The average Bonchev–Trinajstić information content (AvgIpc) is 3.06. The molecule has 10 heteroatoms. The van der Waals surface area contributed by atoms with Gasteiger partial charge in [-0.2, -0.15) is 4.98 Å². The molecule has 1 amide bonds.